The summed E-state index contributed by atoms with van der Waals surface area (Å²) in [4.78, 5) is 0. The molecule has 2 spiro atoms. The van der Waals surface area contributed by atoms with Crippen LogP contribution in [0.5, 0.6) is 0 Å². The van der Waals surface area contributed by atoms with Crippen LogP contribution in [0, 0.1) is 28.6 Å². The van der Waals surface area contributed by atoms with Gasteiger partial charge in [-0.3, -0.25) is 0 Å². The van der Waals surface area contributed by atoms with Gasteiger partial charge < -0.3 is 24.0 Å². The molecule has 3 saturated carbocycles. The molecule has 6 nitrogen and oxygen atoms in total. The van der Waals surface area contributed by atoms with Gasteiger partial charge in [0, 0.05) is 36.6 Å². The van der Waals surface area contributed by atoms with E-state index in [-0.39, 0.29) is 24.4 Å². The maximum absolute atomic E-state index is 6.56. The Kier molecular flexibility index (Phi) is 4.47. The van der Waals surface area contributed by atoms with E-state index in [9.17, 15) is 0 Å². The number of rotatable bonds is 1. The van der Waals surface area contributed by atoms with Gasteiger partial charge in [-0.2, -0.15) is 5.10 Å². The quantitative estimate of drug-likeness (QED) is 0.571. The molecule has 6 heteroatoms. The average molecular weight is 441 g/mol. The monoisotopic (exact) mass is 440 g/mol. The van der Waals surface area contributed by atoms with Gasteiger partial charge in [-0.25, -0.2) is 0 Å². The lowest BCUT2D eigenvalue weighted by atomic mass is 9.46. The fourth-order valence-corrected chi connectivity index (χ4v) is 8.47. The fraction of sp³-hybridized carbons (Fsp3) is 0.731. The zero-order valence-corrected chi connectivity index (χ0v) is 19.9. The summed E-state index contributed by atoms with van der Waals surface area (Å²) in [6.07, 6.45) is 12.2. The van der Waals surface area contributed by atoms with Gasteiger partial charge in [0.25, 0.3) is 0 Å². The Morgan fingerprint density at radius 3 is 2.69 bits per heavy atom. The molecule has 4 aliphatic carbocycles. The van der Waals surface area contributed by atoms with Gasteiger partial charge in [0.1, 0.15) is 12.2 Å². The van der Waals surface area contributed by atoms with Crippen LogP contribution in [0.1, 0.15) is 46.0 Å². The smallest absolute Gasteiger partial charge is 0.226 e. The molecule has 2 saturated heterocycles. The Morgan fingerprint density at radius 2 is 1.94 bits per heavy atom. The average Bonchev–Trinajstić information content (AvgIpc) is 3.43. The first-order valence-electron chi connectivity index (χ1n) is 12.1. The Labute approximate surface area is 191 Å². The minimum Gasteiger partial charge on any atom is -0.350 e. The van der Waals surface area contributed by atoms with Crippen molar-refractivity contribution in [1.82, 2.24) is 5.01 Å². The molecule has 2 aliphatic heterocycles. The molecule has 5 fully saturated rings. The highest BCUT2D eigenvalue weighted by atomic mass is 16.9. The summed E-state index contributed by atoms with van der Waals surface area (Å²) in [5.74, 6) is 0.682. The molecule has 32 heavy (non-hydrogen) atoms. The van der Waals surface area contributed by atoms with Crippen LogP contribution < -0.4 is 0 Å². The lowest BCUT2D eigenvalue weighted by molar-refractivity contribution is -0.242. The Hall–Kier alpha value is -1.47. The molecular formula is C26H36N2O4. The molecule has 1 unspecified atom stereocenters. The Bertz CT molecular complexity index is 927. The van der Waals surface area contributed by atoms with Gasteiger partial charge >= 0.3 is 0 Å². The third-order valence-corrected chi connectivity index (χ3v) is 9.70. The van der Waals surface area contributed by atoms with Gasteiger partial charge in [-0.05, 0) is 49.5 Å². The van der Waals surface area contributed by atoms with Gasteiger partial charge in [0.15, 0.2) is 13.6 Å². The standard InChI is InChI=1S/C26H36N2O4/c1-17-8-10-23(2)18(12-17)6-7-19-20-9-11-25(26(32-16-30-25)14-29-15-31-26)24(20,3)13-21(22(19)23)27-28(4)5/h8,10,12,19-20,22H,1,6-7,9,11,13-16H2,2-5H3/b27-21+/t19-,20-,22+,23-,24-,25+,26?/m0/s1. The zero-order chi connectivity index (χ0) is 22.4. The van der Waals surface area contributed by atoms with Crippen molar-refractivity contribution in [2.75, 3.05) is 34.3 Å². The van der Waals surface area contributed by atoms with Gasteiger partial charge in [-0.1, -0.05) is 44.2 Å². The molecule has 0 aromatic heterocycles. The van der Waals surface area contributed by atoms with E-state index in [0.717, 1.165) is 31.3 Å². The molecule has 0 bridgehead atoms. The fourth-order valence-electron chi connectivity index (χ4n) is 8.47. The predicted molar refractivity (Wildman–Crippen MR) is 122 cm³/mol. The first-order chi connectivity index (χ1) is 15.2. The van der Waals surface area contributed by atoms with Crippen molar-refractivity contribution in [2.24, 2.45) is 33.7 Å². The van der Waals surface area contributed by atoms with Crippen LogP contribution >= 0.6 is 0 Å². The van der Waals surface area contributed by atoms with Crippen molar-refractivity contribution in [3.63, 3.8) is 0 Å². The van der Waals surface area contributed by atoms with Gasteiger partial charge in [0.2, 0.25) is 5.79 Å². The molecule has 0 amide bonds. The lowest BCUT2D eigenvalue weighted by Crippen LogP contribution is -2.65. The molecular weight excluding hydrogens is 404 g/mol. The zero-order valence-electron chi connectivity index (χ0n) is 19.9. The van der Waals surface area contributed by atoms with Crippen molar-refractivity contribution in [3.8, 4) is 0 Å². The van der Waals surface area contributed by atoms with Crippen LogP contribution in [0.3, 0.4) is 0 Å². The summed E-state index contributed by atoms with van der Waals surface area (Å²) in [7, 11) is 4.07. The van der Waals surface area contributed by atoms with Crippen LogP contribution in [0.2, 0.25) is 0 Å². The topological polar surface area (TPSA) is 52.5 Å². The predicted octanol–water partition coefficient (Wildman–Crippen LogP) is 4.25. The molecule has 6 rings (SSSR count). The van der Waals surface area contributed by atoms with Crippen LogP contribution in [-0.4, -0.2) is 56.4 Å². The summed E-state index contributed by atoms with van der Waals surface area (Å²) in [5.41, 5.74) is 3.29. The summed E-state index contributed by atoms with van der Waals surface area (Å²) >= 11 is 0. The third kappa shape index (κ3) is 2.47. The molecule has 6 aliphatic rings. The van der Waals surface area contributed by atoms with Gasteiger partial charge in [0.05, 0.1) is 0 Å². The van der Waals surface area contributed by atoms with Gasteiger partial charge in [-0.15, -0.1) is 0 Å². The minimum absolute atomic E-state index is 0.00623. The number of allylic oxidation sites excluding steroid dienone is 5. The van der Waals surface area contributed by atoms with Crippen molar-refractivity contribution in [3.05, 3.63) is 36.0 Å². The maximum Gasteiger partial charge on any atom is 0.226 e. The number of fused-ring (bicyclic) bond motifs is 7. The molecule has 7 atom stereocenters. The van der Waals surface area contributed by atoms with E-state index in [4.69, 9.17) is 24.0 Å². The highest BCUT2D eigenvalue weighted by molar-refractivity contribution is 5.90. The largest absolute Gasteiger partial charge is 0.350 e. The van der Waals surface area contributed by atoms with Crippen molar-refractivity contribution in [2.45, 2.75) is 57.3 Å². The van der Waals surface area contributed by atoms with Crippen LogP contribution in [0.25, 0.3) is 0 Å². The number of hydrogen-bond donors (Lipinski definition) is 0. The second-order valence-corrected chi connectivity index (χ2v) is 11.3. The van der Waals surface area contributed by atoms with Crippen LogP contribution in [-0.2, 0) is 18.9 Å². The normalized spacial score (nSPS) is 50.6. The molecule has 0 N–H and O–H groups in total. The number of ether oxygens (including phenoxy) is 4. The Balaban J connectivity index is 1.48. The molecule has 0 radical (unpaired) electrons. The van der Waals surface area contributed by atoms with E-state index in [1.54, 1.807) is 0 Å². The minimum atomic E-state index is -0.793. The number of hydrogen-bond acceptors (Lipinski definition) is 6. The lowest BCUT2D eigenvalue weighted by Gasteiger charge is -2.59. The molecule has 0 aromatic rings. The molecule has 0 aromatic carbocycles. The molecule has 174 valence electrons. The van der Waals surface area contributed by atoms with Crippen molar-refractivity contribution in [1.29, 1.82) is 0 Å². The van der Waals surface area contributed by atoms with E-state index in [1.165, 1.54) is 17.7 Å². The summed E-state index contributed by atoms with van der Waals surface area (Å²) < 4.78 is 24.6. The van der Waals surface area contributed by atoms with Crippen LogP contribution in [0.15, 0.2) is 41.1 Å². The maximum atomic E-state index is 6.56. The number of nitrogens with zero attached hydrogens (tertiary/aromatic N) is 2. The van der Waals surface area contributed by atoms with E-state index in [2.05, 4.69) is 38.7 Å². The summed E-state index contributed by atoms with van der Waals surface area (Å²) in [5, 5.41) is 7.12. The molecule has 2 heterocycles. The Morgan fingerprint density at radius 1 is 1.12 bits per heavy atom. The van der Waals surface area contributed by atoms with E-state index >= 15 is 0 Å². The SMILES string of the molecule is C=C1C=C[C@@]2(C)C(=C1)CC[C@@H]1[C@@H]2/C(=N/N(C)C)C[C@@]2(C)[C@H]1CC[C@@]21OCOC12COCO2. The highest BCUT2D eigenvalue weighted by Crippen LogP contribution is 2.70. The second-order valence-electron chi connectivity index (χ2n) is 11.3. The van der Waals surface area contributed by atoms with Crippen molar-refractivity contribution >= 4 is 5.71 Å². The first kappa shape index (κ1) is 21.1. The van der Waals surface area contributed by atoms with Crippen LogP contribution in [0.4, 0.5) is 0 Å². The van der Waals surface area contributed by atoms with E-state index in [1.807, 2.05) is 19.1 Å². The van der Waals surface area contributed by atoms with E-state index < -0.39 is 11.4 Å². The summed E-state index contributed by atoms with van der Waals surface area (Å²) in [6.45, 7) is 10.0. The summed E-state index contributed by atoms with van der Waals surface area (Å²) in [6, 6.07) is 0. The highest BCUT2D eigenvalue weighted by Gasteiger charge is 2.76. The first-order valence-corrected chi connectivity index (χ1v) is 12.1. The number of hydrazone groups is 1. The third-order valence-electron chi connectivity index (χ3n) is 9.70. The van der Waals surface area contributed by atoms with Crippen molar-refractivity contribution < 1.29 is 18.9 Å². The van der Waals surface area contributed by atoms with E-state index in [0.29, 0.717) is 24.4 Å². The second kappa shape index (κ2) is 6.78.